The molecular formula is C46H31NS. The van der Waals surface area contributed by atoms with Gasteiger partial charge in [0.1, 0.15) is 0 Å². The molecule has 226 valence electrons. The van der Waals surface area contributed by atoms with Gasteiger partial charge in [0.15, 0.2) is 0 Å². The summed E-state index contributed by atoms with van der Waals surface area (Å²) in [5, 5.41) is 5.11. The number of fused-ring (bicyclic) bond motifs is 4. The average molecular weight is 630 g/mol. The molecule has 0 atom stereocenters. The molecule has 0 aliphatic carbocycles. The molecule has 9 aromatic rings. The van der Waals surface area contributed by atoms with Crippen LogP contribution in [0.5, 0.6) is 0 Å². The summed E-state index contributed by atoms with van der Waals surface area (Å²) in [4.78, 5) is 2.41. The number of thiophene rings is 1. The molecule has 8 aromatic carbocycles. The van der Waals surface area contributed by atoms with Gasteiger partial charge in [0, 0.05) is 31.5 Å². The highest BCUT2D eigenvalue weighted by atomic mass is 32.1. The summed E-state index contributed by atoms with van der Waals surface area (Å²) >= 11 is 1.87. The normalized spacial score (nSPS) is 11.3. The minimum Gasteiger partial charge on any atom is -0.310 e. The molecule has 2 heteroatoms. The first kappa shape index (κ1) is 28.3. The molecule has 1 heterocycles. The van der Waals surface area contributed by atoms with Gasteiger partial charge < -0.3 is 4.90 Å². The molecule has 0 N–H and O–H groups in total. The minimum absolute atomic E-state index is 1.13. The summed E-state index contributed by atoms with van der Waals surface area (Å²) in [5.74, 6) is 0. The van der Waals surface area contributed by atoms with Gasteiger partial charge in [-0.3, -0.25) is 0 Å². The molecule has 0 aliphatic rings. The molecule has 1 aromatic heterocycles. The van der Waals surface area contributed by atoms with Crippen molar-refractivity contribution in [2.45, 2.75) is 0 Å². The van der Waals surface area contributed by atoms with Crippen LogP contribution in [0.15, 0.2) is 188 Å². The Morgan fingerprint density at radius 2 is 0.896 bits per heavy atom. The molecule has 0 saturated carbocycles. The van der Waals surface area contributed by atoms with E-state index < -0.39 is 0 Å². The molecule has 48 heavy (non-hydrogen) atoms. The lowest BCUT2D eigenvalue weighted by atomic mass is 9.97. The lowest BCUT2D eigenvalue weighted by Gasteiger charge is -2.27. The number of rotatable bonds is 6. The van der Waals surface area contributed by atoms with Crippen molar-refractivity contribution in [3.05, 3.63) is 188 Å². The van der Waals surface area contributed by atoms with Gasteiger partial charge in [-0.25, -0.2) is 0 Å². The van der Waals surface area contributed by atoms with Gasteiger partial charge in [0.05, 0.1) is 5.69 Å². The molecule has 0 spiro atoms. The summed E-state index contributed by atoms with van der Waals surface area (Å²) in [5.41, 5.74) is 10.8. The summed E-state index contributed by atoms with van der Waals surface area (Å²) in [7, 11) is 0. The Morgan fingerprint density at radius 1 is 0.354 bits per heavy atom. The SMILES string of the molecule is c1ccc(-c2ccc(N(c3ccc(-c4ccccc4)cc3)c3cccc4sc5cc(-c6cccc7ccccc67)ccc5c34)cc2)cc1. The van der Waals surface area contributed by atoms with Gasteiger partial charge >= 0.3 is 0 Å². The highest BCUT2D eigenvalue weighted by molar-refractivity contribution is 7.26. The van der Waals surface area contributed by atoms with E-state index in [1.54, 1.807) is 0 Å². The molecule has 0 fully saturated rings. The molecular weight excluding hydrogens is 599 g/mol. The fraction of sp³-hybridized carbons (Fsp3) is 0. The molecule has 1 nitrogen and oxygen atoms in total. The molecule has 0 saturated heterocycles. The van der Waals surface area contributed by atoms with Crippen molar-refractivity contribution in [1.29, 1.82) is 0 Å². The highest BCUT2D eigenvalue weighted by Gasteiger charge is 2.19. The molecule has 0 aliphatic heterocycles. The zero-order valence-electron chi connectivity index (χ0n) is 26.3. The van der Waals surface area contributed by atoms with E-state index in [9.17, 15) is 0 Å². The van der Waals surface area contributed by atoms with Crippen LogP contribution in [0.25, 0.3) is 64.3 Å². The largest absolute Gasteiger partial charge is 0.310 e. The Kier molecular flexibility index (Phi) is 7.07. The fourth-order valence-electron chi connectivity index (χ4n) is 6.93. The predicted octanol–water partition coefficient (Wildman–Crippen LogP) is 13.7. The average Bonchev–Trinajstić information content (AvgIpc) is 3.55. The smallest absolute Gasteiger partial charge is 0.0554 e. The van der Waals surface area contributed by atoms with Gasteiger partial charge in [0.2, 0.25) is 0 Å². The van der Waals surface area contributed by atoms with Crippen LogP contribution in [0.2, 0.25) is 0 Å². The molecule has 0 radical (unpaired) electrons. The van der Waals surface area contributed by atoms with E-state index in [4.69, 9.17) is 0 Å². The van der Waals surface area contributed by atoms with E-state index in [0.717, 1.165) is 11.4 Å². The predicted molar refractivity (Wildman–Crippen MR) is 208 cm³/mol. The third-order valence-corrected chi connectivity index (χ3v) is 10.4. The van der Waals surface area contributed by atoms with Crippen LogP contribution >= 0.6 is 11.3 Å². The maximum absolute atomic E-state index is 2.41. The summed E-state index contributed by atoms with van der Waals surface area (Å²) in [6.07, 6.45) is 0. The Balaban J connectivity index is 1.20. The van der Waals surface area contributed by atoms with Crippen molar-refractivity contribution in [2.75, 3.05) is 4.90 Å². The van der Waals surface area contributed by atoms with Crippen molar-refractivity contribution in [1.82, 2.24) is 0 Å². The van der Waals surface area contributed by atoms with Crippen LogP contribution < -0.4 is 4.90 Å². The summed E-state index contributed by atoms with van der Waals surface area (Å²) < 4.78 is 2.58. The second-order valence-corrected chi connectivity index (χ2v) is 13.2. The van der Waals surface area contributed by atoms with Crippen LogP contribution in [0.3, 0.4) is 0 Å². The Labute approximate surface area is 284 Å². The van der Waals surface area contributed by atoms with Crippen molar-refractivity contribution in [3.63, 3.8) is 0 Å². The van der Waals surface area contributed by atoms with E-state index in [1.807, 2.05) is 11.3 Å². The Hall–Kier alpha value is -5.96. The van der Waals surface area contributed by atoms with Crippen LogP contribution in [-0.4, -0.2) is 0 Å². The third kappa shape index (κ3) is 5.04. The monoisotopic (exact) mass is 629 g/mol. The quantitative estimate of drug-likeness (QED) is 0.177. The van der Waals surface area contributed by atoms with E-state index in [1.165, 1.54) is 70.0 Å². The second kappa shape index (κ2) is 12.0. The zero-order valence-corrected chi connectivity index (χ0v) is 27.1. The number of benzene rings is 8. The minimum atomic E-state index is 1.13. The fourth-order valence-corrected chi connectivity index (χ4v) is 8.10. The van der Waals surface area contributed by atoms with Crippen LogP contribution in [0.4, 0.5) is 17.1 Å². The summed E-state index contributed by atoms with van der Waals surface area (Å²) in [6.45, 7) is 0. The maximum atomic E-state index is 2.41. The first-order chi connectivity index (χ1) is 23.8. The van der Waals surface area contributed by atoms with Crippen molar-refractivity contribution < 1.29 is 0 Å². The van der Waals surface area contributed by atoms with Gasteiger partial charge in [0.25, 0.3) is 0 Å². The van der Waals surface area contributed by atoms with E-state index in [2.05, 4.69) is 193 Å². The van der Waals surface area contributed by atoms with E-state index in [0.29, 0.717) is 0 Å². The number of nitrogens with zero attached hydrogens (tertiary/aromatic N) is 1. The third-order valence-electron chi connectivity index (χ3n) is 9.28. The molecule has 0 unspecified atom stereocenters. The van der Waals surface area contributed by atoms with Crippen molar-refractivity contribution >= 4 is 59.3 Å². The van der Waals surface area contributed by atoms with Gasteiger partial charge in [-0.2, -0.15) is 0 Å². The number of hydrogen-bond donors (Lipinski definition) is 0. The number of anilines is 3. The van der Waals surface area contributed by atoms with Crippen molar-refractivity contribution in [3.8, 4) is 33.4 Å². The first-order valence-corrected chi connectivity index (χ1v) is 17.2. The summed E-state index contributed by atoms with van der Waals surface area (Å²) in [6, 6.07) is 68.1. The van der Waals surface area contributed by atoms with Crippen molar-refractivity contribution in [2.24, 2.45) is 0 Å². The topological polar surface area (TPSA) is 3.24 Å². The molecule has 0 amide bonds. The Morgan fingerprint density at radius 3 is 1.56 bits per heavy atom. The second-order valence-electron chi connectivity index (χ2n) is 12.2. The van der Waals surface area contributed by atoms with Gasteiger partial charge in [-0.1, -0.05) is 146 Å². The first-order valence-electron chi connectivity index (χ1n) is 16.3. The Bertz CT molecular complexity index is 2440. The van der Waals surface area contributed by atoms with Crippen LogP contribution in [-0.2, 0) is 0 Å². The molecule has 9 rings (SSSR count). The highest BCUT2D eigenvalue weighted by Crippen LogP contribution is 2.46. The van der Waals surface area contributed by atoms with Gasteiger partial charge in [-0.15, -0.1) is 11.3 Å². The van der Waals surface area contributed by atoms with Crippen LogP contribution in [0.1, 0.15) is 0 Å². The van der Waals surface area contributed by atoms with E-state index in [-0.39, 0.29) is 0 Å². The molecule has 0 bridgehead atoms. The maximum Gasteiger partial charge on any atom is 0.0554 e. The van der Waals surface area contributed by atoms with E-state index >= 15 is 0 Å². The lowest BCUT2D eigenvalue weighted by Crippen LogP contribution is -2.10. The lowest BCUT2D eigenvalue weighted by molar-refractivity contribution is 1.30. The zero-order chi connectivity index (χ0) is 31.9. The van der Waals surface area contributed by atoms with Gasteiger partial charge in [-0.05, 0) is 86.6 Å². The van der Waals surface area contributed by atoms with Crippen LogP contribution in [0, 0.1) is 0 Å². The standard InChI is InChI=1S/C46H31NS/c1-3-11-32(12-4-1)34-21-26-38(27-22-34)47(39-28-23-35(24-29-39)33-13-5-2-6-14-33)43-19-10-20-44-46(43)42-30-25-37(31-45(42)48-44)41-18-9-16-36-15-7-8-17-40(36)41/h1-31H. The number of hydrogen-bond acceptors (Lipinski definition) is 2.